The molecule has 1 aromatic heterocycles. The second-order valence-corrected chi connectivity index (χ2v) is 6.04. The number of amides is 2. The lowest BCUT2D eigenvalue weighted by Crippen LogP contribution is -2.22. The molecule has 3 aromatic rings. The van der Waals surface area contributed by atoms with Crippen LogP contribution in [0.15, 0.2) is 53.1 Å². The maximum absolute atomic E-state index is 13.1. The van der Waals surface area contributed by atoms with E-state index in [4.69, 9.17) is 0 Å². The Morgan fingerprint density at radius 1 is 1.04 bits per heavy atom. The largest absolute Gasteiger partial charge is 0.418 e. The summed E-state index contributed by atoms with van der Waals surface area (Å²) in [6.07, 6.45) is -4.81. The molecular weight excluding hydrogens is 418 g/mol. The number of fused-ring (bicyclic) bond motifs is 1. The van der Waals surface area contributed by atoms with Crippen molar-refractivity contribution in [2.45, 2.75) is 6.18 Å². The van der Waals surface area contributed by atoms with Crippen molar-refractivity contribution in [3.8, 4) is 0 Å². The lowest BCUT2D eigenvalue weighted by Gasteiger charge is -2.14. The second kappa shape index (κ2) is 6.91. The molecule has 0 saturated heterocycles. The zero-order chi connectivity index (χ0) is 18.9. The Morgan fingerprint density at radius 3 is 2.50 bits per heavy atom. The summed E-state index contributed by atoms with van der Waals surface area (Å²) in [5.41, 5.74) is -1.84. The molecule has 0 aliphatic carbocycles. The van der Waals surface area contributed by atoms with Crippen LogP contribution in [0.25, 0.3) is 10.8 Å². The summed E-state index contributed by atoms with van der Waals surface area (Å²) in [5, 5.41) is 6.03. The second-order valence-electron chi connectivity index (χ2n) is 5.29. The lowest BCUT2D eigenvalue weighted by molar-refractivity contribution is -0.137. The first-order valence-corrected chi connectivity index (χ1v) is 8.03. The number of rotatable bonds is 2. The Morgan fingerprint density at radius 2 is 1.77 bits per heavy atom. The Balaban J connectivity index is 1.84. The summed E-state index contributed by atoms with van der Waals surface area (Å²) in [5.74, 6) is -0.910. The quantitative estimate of drug-likeness (QED) is 0.401. The highest BCUT2D eigenvalue weighted by atomic mass is 79.9. The number of hydrogen-bond donors (Lipinski definition) is 2. The molecule has 2 aromatic carbocycles. The van der Waals surface area contributed by atoms with Crippen LogP contribution in [0.4, 0.5) is 33.9 Å². The molecule has 0 radical (unpaired) electrons. The average molecular weight is 428 g/mol. The van der Waals surface area contributed by atoms with Crippen LogP contribution in [0, 0.1) is 5.82 Å². The molecule has 9 heteroatoms. The summed E-state index contributed by atoms with van der Waals surface area (Å²) in [4.78, 5) is 16.2. The van der Waals surface area contributed by atoms with Crippen molar-refractivity contribution in [3.63, 3.8) is 0 Å². The van der Waals surface area contributed by atoms with Crippen LogP contribution in [0.3, 0.4) is 0 Å². The summed E-state index contributed by atoms with van der Waals surface area (Å²) < 4.78 is 52.5. The van der Waals surface area contributed by atoms with E-state index in [0.717, 1.165) is 22.9 Å². The van der Waals surface area contributed by atoms with Crippen molar-refractivity contribution < 1.29 is 22.4 Å². The number of nitrogens with zero attached hydrogens (tertiary/aromatic N) is 1. The van der Waals surface area contributed by atoms with Gasteiger partial charge in [0, 0.05) is 5.39 Å². The molecule has 3 rings (SSSR count). The predicted molar refractivity (Wildman–Crippen MR) is 93.5 cm³/mol. The number of aromatic nitrogens is 1. The molecule has 1 heterocycles. The van der Waals surface area contributed by atoms with Gasteiger partial charge in [-0.1, -0.05) is 24.3 Å². The monoisotopic (exact) mass is 427 g/mol. The smallest absolute Gasteiger partial charge is 0.307 e. The van der Waals surface area contributed by atoms with Gasteiger partial charge >= 0.3 is 12.2 Å². The minimum Gasteiger partial charge on any atom is -0.307 e. The maximum Gasteiger partial charge on any atom is 0.418 e. The molecule has 26 heavy (non-hydrogen) atoms. The van der Waals surface area contributed by atoms with E-state index in [1.165, 1.54) is 0 Å². The zero-order valence-electron chi connectivity index (χ0n) is 12.9. The number of pyridine rings is 1. The first kappa shape index (κ1) is 18.1. The van der Waals surface area contributed by atoms with Crippen molar-refractivity contribution in [2.75, 3.05) is 10.6 Å². The summed E-state index contributed by atoms with van der Waals surface area (Å²) in [6, 6.07) is 9.88. The van der Waals surface area contributed by atoms with Crippen LogP contribution in [-0.4, -0.2) is 11.0 Å². The molecule has 0 aliphatic rings. The number of carbonyl (C=O) groups excluding carboxylic acids is 1. The minimum atomic E-state index is -4.81. The van der Waals surface area contributed by atoms with Crippen molar-refractivity contribution in [1.82, 2.24) is 4.98 Å². The first-order chi connectivity index (χ1) is 12.2. The molecule has 2 N–H and O–H groups in total. The third kappa shape index (κ3) is 3.93. The Kier molecular flexibility index (Phi) is 4.82. The fraction of sp³-hybridized carbons (Fsp3) is 0.0588. The molecule has 0 unspecified atom stereocenters. The van der Waals surface area contributed by atoms with E-state index in [9.17, 15) is 22.4 Å². The van der Waals surface area contributed by atoms with E-state index in [2.05, 4.69) is 31.5 Å². The van der Waals surface area contributed by atoms with Crippen LogP contribution in [0.5, 0.6) is 0 Å². The Bertz CT molecular complexity index is 991. The number of benzene rings is 2. The highest BCUT2D eigenvalue weighted by Crippen LogP contribution is 2.35. The average Bonchev–Trinajstić information content (AvgIpc) is 2.55. The number of urea groups is 1. The van der Waals surface area contributed by atoms with Gasteiger partial charge in [-0.15, -0.1) is 0 Å². The molecule has 134 valence electrons. The fourth-order valence-electron chi connectivity index (χ4n) is 2.35. The highest BCUT2D eigenvalue weighted by Gasteiger charge is 2.34. The number of anilines is 2. The van der Waals surface area contributed by atoms with Crippen molar-refractivity contribution in [2.24, 2.45) is 0 Å². The standard InChI is InChI=1S/C17H10BrF4N3O/c18-15-11-4-2-1-3-9(11)7-14(24-15)25-16(26)23-13-6-5-10(19)8-12(13)17(20,21)22/h1-8H,(H2,23,24,25,26). The van der Waals surface area contributed by atoms with Gasteiger partial charge < -0.3 is 5.32 Å². The third-order valence-electron chi connectivity index (χ3n) is 3.47. The maximum atomic E-state index is 13.1. The summed E-state index contributed by atoms with van der Waals surface area (Å²) in [6.45, 7) is 0. The van der Waals surface area contributed by atoms with Gasteiger partial charge in [0.2, 0.25) is 0 Å². The zero-order valence-corrected chi connectivity index (χ0v) is 14.5. The van der Waals surface area contributed by atoms with E-state index in [1.54, 1.807) is 18.2 Å². The van der Waals surface area contributed by atoms with Crippen molar-refractivity contribution in [1.29, 1.82) is 0 Å². The van der Waals surface area contributed by atoms with Gasteiger partial charge in [0.05, 0.1) is 11.3 Å². The van der Waals surface area contributed by atoms with E-state index in [1.807, 2.05) is 12.1 Å². The Hall–Kier alpha value is -2.68. The minimum absolute atomic E-state index is 0.142. The molecule has 0 saturated carbocycles. The lowest BCUT2D eigenvalue weighted by atomic mass is 10.1. The molecule has 4 nitrogen and oxygen atoms in total. The number of carbonyl (C=O) groups is 1. The van der Waals surface area contributed by atoms with Gasteiger partial charge in [-0.2, -0.15) is 13.2 Å². The first-order valence-electron chi connectivity index (χ1n) is 7.24. The van der Waals surface area contributed by atoms with Crippen LogP contribution in [-0.2, 0) is 6.18 Å². The van der Waals surface area contributed by atoms with Crippen molar-refractivity contribution in [3.05, 3.63) is 64.5 Å². The molecule has 0 bridgehead atoms. The van der Waals surface area contributed by atoms with Gasteiger partial charge in [0.1, 0.15) is 16.2 Å². The van der Waals surface area contributed by atoms with Gasteiger partial charge in [0.25, 0.3) is 0 Å². The topological polar surface area (TPSA) is 54.0 Å². The number of hydrogen-bond acceptors (Lipinski definition) is 2. The fourth-order valence-corrected chi connectivity index (χ4v) is 2.90. The van der Waals surface area contributed by atoms with Crippen LogP contribution >= 0.6 is 15.9 Å². The van der Waals surface area contributed by atoms with Gasteiger partial charge in [0.15, 0.2) is 0 Å². The predicted octanol–water partition coefficient (Wildman–Crippen LogP) is 5.80. The SMILES string of the molecule is O=C(Nc1cc2ccccc2c(Br)n1)Nc1ccc(F)cc1C(F)(F)F. The third-order valence-corrected chi connectivity index (χ3v) is 4.08. The van der Waals surface area contributed by atoms with Crippen LogP contribution in [0.1, 0.15) is 5.56 Å². The number of halogens is 5. The van der Waals surface area contributed by atoms with Crippen molar-refractivity contribution >= 4 is 44.2 Å². The van der Waals surface area contributed by atoms with E-state index < -0.39 is 29.3 Å². The van der Waals surface area contributed by atoms with Crippen LogP contribution < -0.4 is 10.6 Å². The molecule has 0 atom stereocenters. The van der Waals surface area contributed by atoms with E-state index >= 15 is 0 Å². The summed E-state index contributed by atoms with van der Waals surface area (Å²) >= 11 is 3.28. The van der Waals surface area contributed by atoms with Gasteiger partial charge in [-0.3, -0.25) is 5.32 Å². The van der Waals surface area contributed by atoms with E-state index in [0.29, 0.717) is 10.7 Å². The van der Waals surface area contributed by atoms with E-state index in [-0.39, 0.29) is 5.82 Å². The molecule has 0 fully saturated rings. The van der Waals surface area contributed by atoms with Gasteiger partial charge in [-0.25, -0.2) is 14.2 Å². The van der Waals surface area contributed by atoms with Crippen LogP contribution in [0.2, 0.25) is 0 Å². The van der Waals surface area contributed by atoms with Gasteiger partial charge in [-0.05, 0) is 45.6 Å². The summed E-state index contributed by atoms with van der Waals surface area (Å²) in [7, 11) is 0. The highest BCUT2D eigenvalue weighted by molar-refractivity contribution is 9.10. The number of alkyl halides is 3. The molecule has 2 amide bonds. The normalized spacial score (nSPS) is 11.4. The molecule has 0 aliphatic heterocycles. The molecule has 0 spiro atoms. The number of nitrogens with one attached hydrogen (secondary N) is 2. The molecular formula is C17H10BrF4N3O. The Labute approximate surface area is 153 Å².